The summed E-state index contributed by atoms with van der Waals surface area (Å²) in [4.78, 5) is 24.5. The Balaban J connectivity index is 1.55. The first-order valence-electron chi connectivity index (χ1n) is 8.38. The van der Waals surface area contributed by atoms with E-state index in [0.717, 1.165) is 16.3 Å². The van der Waals surface area contributed by atoms with E-state index < -0.39 is 0 Å². The molecule has 0 aliphatic carbocycles. The first-order chi connectivity index (χ1) is 13.1. The molecule has 0 fully saturated rings. The molecule has 0 saturated heterocycles. The molecule has 0 aliphatic rings. The number of anilines is 1. The molecule has 0 atom stereocenters. The van der Waals surface area contributed by atoms with Gasteiger partial charge in [0.15, 0.2) is 12.4 Å². The number of para-hydroxylation sites is 1. The van der Waals surface area contributed by atoms with Crippen LogP contribution >= 0.6 is 23.1 Å². The number of nitrogens with one attached hydrogen (secondary N) is 1. The van der Waals surface area contributed by atoms with Gasteiger partial charge in [-0.05, 0) is 65.7 Å². The lowest BCUT2D eigenvalue weighted by molar-refractivity contribution is -0.118. The van der Waals surface area contributed by atoms with E-state index in [1.807, 2.05) is 24.3 Å². The number of Topliss-reactive ketones (excluding diaryl/α,β-unsaturated/α-hetero) is 1. The minimum absolute atomic E-state index is 0.00384. The van der Waals surface area contributed by atoms with Crippen molar-refractivity contribution in [2.45, 2.75) is 17.6 Å². The molecule has 6 heteroatoms. The normalized spacial score (nSPS) is 10.4. The highest BCUT2D eigenvalue weighted by Crippen LogP contribution is 2.30. The molecular formula is C21H19NO3S2. The second-order valence-electron chi connectivity index (χ2n) is 5.83. The van der Waals surface area contributed by atoms with Crippen LogP contribution in [0, 0.1) is 0 Å². The van der Waals surface area contributed by atoms with Crippen LogP contribution in [0.5, 0.6) is 5.75 Å². The third kappa shape index (κ3) is 5.70. The Labute approximate surface area is 166 Å². The Kier molecular flexibility index (Phi) is 6.68. The molecule has 0 radical (unpaired) electrons. The van der Waals surface area contributed by atoms with Gasteiger partial charge < -0.3 is 10.1 Å². The molecule has 138 valence electrons. The van der Waals surface area contributed by atoms with Crippen LogP contribution in [-0.2, 0) is 10.5 Å². The molecule has 4 nitrogen and oxygen atoms in total. The lowest BCUT2D eigenvalue weighted by atomic mass is 10.1. The summed E-state index contributed by atoms with van der Waals surface area (Å²) in [5, 5.41) is 7.09. The predicted octanol–water partition coefficient (Wildman–Crippen LogP) is 5.26. The second kappa shape index (κ2) is 9.39. The van der Waals surface area contributed by atoms with Crippen molar-refractivity contribution in [2.75, 3.05) is 11.9 Å². The van der Waals surface area contributed by atoms with Crippen LogP contribution in [-0.4, -0.2) is 18.3 Å². The van der Waals surface area contributed by atoms with Gasteiger partial charge in [0.1, 0.15) is 5.75 Å². The molecule has 1 heterocycles. The standard InChI is InChI=1S/C21H19NO3S2/c1-15(23)17-6-8-18(9-7-17)25-12-21(24)22-19-4-2-3-5-20(19)27-14-16-10-11-26-13-16/h2-11,13H,12,14H2,1H3,(H,22,24). The summed E-state index contributed by atoms with van der Waals surface area (Å²) < 4.78 is 5.50. The number of carbonyl (C=O) groups excluding carboxylic acids is 2. The van der Waals surface area contributed by atoms with Crippen LogP contribution in [0.2, 0.25) is 0 Å². The first kappa shape index (κ1) is 19.2. The van der Waals surface area contributed by atoms with Crippen LogP contribution in [0.15, 0.2) is 70.3 Å². The van der Waals surface area contributed by atoms with Gasteiger partial charge in [-0.25, -0.2) is 0 Å². The first-order valence-corrected chi connectivity index (χ1v) is 10.3. The number of benzene rings is 2. The molecule has 3 aromatic rings. The van der Waals surface area contributed by atoms with Crippen molar-refractivity contribution in [1.82, 2.24) is 0 Å². The average Bonchev–Trinajstić information content (AvgIpc) is 3.19. The average molecular weight is 398 g/mol. The Morgan fingerprint density at radius 3 is 2.56 bits per heavy atom. The van der Waals surface area contributed by atoms with E-state index in [1.165, 1.54) is 12.5 Å². The van der Waals surface area contributed by atoms with Crippen molar-refractivity contribution >= 4 is 40.5 Å². The van der Waals surface area contributed by atoms with Gasteiger partial charge in [-0.1, -0.05) is 12.1 Å². The van der Waals surface area contributed by atoms with Crippen molar-refractivity contribution in [1.29, 1.82) is 0 Å². The van der Waals surface area contributed by atoms with E-state index in [0.29, 0.717) is 11.3 Å². The smallest absolute Gasteiger partial charge is 0.262 e. The predicted molar refractivity (Wildman–Crippen MR) is 111 cm³/mol. The highest BCUT2D eigenvalue weighted by molar-refractivity contribution is 7.98. The largest absolute Gasteiger partial charge is 0.484 e. The maximum atomic E-state index is 12.2. The molecule has 1 aromatic heterocycles. The van der Waals surface area contributed by atoms with E-state index in [2.05, 4.69) is 22.1 Å². The van der Waals surface area contributed by atoms with E-state index in [1.54, 1.807) is 47.4 Å². The summed E-state index contributed by atoms with van der Waals surface area (Å²) in [5.74, 6) is 1.18. The number of rotatable bonds is 8. The van der Waals surface area contributed by atoms with Crippen LogP contribution < -0.4 is 10.1 Å². The van der Waals surface area contributed by atoms with Crippen LogP contribution in [0.1, 0.15) is 22.8 Å². The molecule has 0 unspecified atom stereocenters. The number of thioether (sulfide) groups is 1. The second-order valence-corrected chi connectivity index (χ2v) is 7.63. The number of ether oxygens (including phenoxy) is 1. The summed E-state index contributed by atoms with van der Waals surface area (Å²) in [7, 11) is 0. The zero-order valence-electron chi connectivity index (χ0n) is 14.8. The molecule has 0 spiro atoms. The fourth-order valence-electron chi connectivity index (χ4n) is 2.35. The fourth-order valence-corrected chi connectivity index (χ4v) is 4.08. The summed E-state index contributed by atoms with van der Waals surface area (Å²) in [6, 6.07) is 16.6. The van der Waals surface area contributed by atoms with Crippen molar-refractivity contribution in [3.8, 4) is 5.75 Å². The summed E-state index contributed by atoms with van der Waals surface area (Å²) in [5.41, 5.74) is 2.66. The van der Waals surface area contributed by atoms with Crippen molar-refractivity contribution in [3.05, 3.63) is 76.5 Å². The van der Waals surface area contributed by atoms with Crippen molar-refractivity contribution in [3.63, 3.8) is 0 Å². The molecule has 27 heavy (non-hydrogen) atoms. The molecule has 1 N–H and O–H groups in total. The Bertz CT molecular complexity index is 905. The minimum atomic E-state index is -0.228. The number of ketones is 1. The van der Waals surface area contributed by atoms with Gasteiger partial charge in [-0.15, -0.1) is 11.8 Å². The highest BCUT2D eigenvalue weighted by atomic mass is 32.2. The molecular weight excluding hydrogens is 378 g/mol. The molecule has 1 amide bonds. The topological polar surface area (TPSA) is 55.4 Å². The number of hydrogen-bond acceptors (Lipinski definition) is 5. The van der Waals surface area contributed by atoms with Gasteiger partial charge in [0.2, 0.25) is 0 Å². The van der Waals surface area contributed by atoms with Gasteiger partial charge in [-0.3, -0.25) is 9.59 Å². The quantitative estimate of drug-likeness (QED) is 0.416. The third-order valence-electron chi connectivity index (χ3n) is 3.77. The van der Waals surface area contributed by atoms with Crippen molar-refractivity contribution < 1.29 is 14.3 Å². The Morgan fingerprint density at radius 1 is 1.07 bits per heavy atom. The van der Waals surface area contributed by atoms with E-state index in [9.17, 15) is 9.59 Å². The number of hydrogen-bond donors (Lipinski definition) is 1. The van der Waals surface area contributed by atoms with Gasteiger partial charge in [-0.2, -0.15) is 11.3 Å². The molecule has 0 saturated carbocycles. The van der Waals surface area contributed by atoms with Crippen LogP contribution in [0.4, 0.5) is 5.69 Å². The molecule has 0 bridgehead atoms. The molecule has 3 rings (SSSR count). The number of thiophene rings is 1. The van der Waals surface area contributed by atoms with E-state index >= 15 is 0 Å². The van der Waals surface area contributed by atoms with Gasteiger partial charge in [0.05, 0.1) is 5.69 Å². The van der Waals surface area contributed by atoms with Gasteiger partial charge >= 0.3 is 0 Å². The zero-order valence-corrected chi connectivity index (χ0v) is 16.4. The minimum Gasteiger partial charge on any atom is -0.484 e. The van der Waals surface area contributed by atoms with Gasteiger partial charge in [0, 0.05) is 16.2 Å². The summed E-state index contributed by atoms with van der Waals surface area (Å²) >= 11 is 3.36. The van der Waals surface area contributed by atoms with E-state index in [4.69, 9.17) is 4.74 Å². The number of carbonyl (C=O) groups is 2. The molecule has 2 aromatic carbocycles. The molecule has 0 aliphatic heterocycles. The maximum Gasteiger partial charge on any atom is 0.262 e. The monoisotopic (exact) mass is 397 g/mol. The number of amides is 1. The Morgan fingerprint density at radius 2 is 1.85 bits per heavy atom. The lowest BCUT2D eigenvalue weighted by Crippen LogP contribution is -2.20. The van der Waals surface area contributed by atoms with Gasteiger partial charge in [0.25, 0.3) is 5.91 Å². The zero-order chi connectivity index (χ0) is 19.1. The van der Waals surface area contributed by atoms with Crippen LogP contribution in [0.3, 0.4) is 0 Å². The lowest BCUT2D eigenvalue weighted by Gasteiger charge is -2.11. The third-order valence-corrected chi connectivity index (χ3v) is 5.64. The SMILES string of the molecule is CC(=O)c1ccc(OCC(=O)Nc2ccccc2SCc2ccsc2)cc1. The fraction of sp³-hybridized carbons (Fsp3) is 0.143. The maximum absolute atomic E-state index is 12.2. The van der Waals surface area contributed by atoms with E-state index in [-0.39, 0.29) is 18.3 Å². The van der Waals surface area contributed by atoms with Crippen molar-refractivity contribution in [2.24, 2.45) is 0 Å². The Hall–Kier alpha value is -2.57. The van der Waals surface area contributed by atoms with Crippen LogP contribution in [0.25, 0.3) is 0 Å². The summed E-state index contributed by atoms with van der Waals surface area (Å²) in [6.45, 7) is 1.42. The highest BCUT2D eigenvalue weighted by Gasteiger charge is 2.09. The summed E-state index contributed by atoms with van der Waals surface area (Å²) in [6.07, 6.45) is 0.